The van der Waals surface area contributed by atoms with E-state index in [1.54, 1.807) is 0 Å². The van der Waals surface area contributed by atoms with Crippen LogP contribution in [0.4, 0.5) is 13.2 Å². The predicted molar refractivity (Wildman–Crippen MR) is 47.4 cm³/mol. The summed E-state index contributed by atoms with van der Waals surface area (Å²) < 4.78 is 36.4. The first-order valence-corrected chi connectivity index (χ1v) is 4.78. The van der Waals surface area contributed by atoms with Crippen LogP contribution in [-0.2, 0) is 9.59 Å². The van der Waals surface area contributed by atoms with Gasteiger partial charge in [0.2, 0.25) is 0 Å². The van der Waals surface area contributed by atoms with Gasteiger partial charge in [-0.25, -0.2) is 0 Å². The lowest BCUT2D eigenvalue weighted by atomic mass is 9.91. The quantitative estimate of drug-likeness (QED) is 0.718. The second-order valence-corrected chi connectivity index (χ2v) is 3.82. The van der Waals surface area contributed by atoms with Crippen LogP contribution in [0, 0.1) is 5.92 Å². The molecule has 7 heteroatoms. The van der Waals surface area contributed by atoms with Crippen LogP contribution in [0.15, 0.2) is 0 Å². The standard InChI is InChI=1S/C9H12F3NO3/c1-5(14)6-4-13(3-2-7(6)15)8(16)9(10,11)12/h6-7,15H,2-4H2,1H3. The van der Waals surface area contributed by atoms with Gasteiger partial charge in [-0.15, -0.1) is 0 Å². The first-order chi connectivity index (χ1) is 7.23. The van der Waals surface area contributed by atoms with Crippen molar-refractivity contribution in [3.05, 3.63) is 0 Å². The first kappa shape index (κ1) is 13.0. The van der Waals surface area contributed by atoms with E-state index in [1.807, 2.05) is 0 Å². The van der Waals surface area contributed by atoms with E-state index in [1.165, 1.54) is 6.92 Å². The van der Waals surface area contributed by atoms with Gasteiger partial charge in [0.15, 0.2) is 0 Å². The molecule has 2 unspecified atom stereocenters. The predicted octanol–water partition coefficient (Wildman–Crippen LogP) is 0.347. The number of aliphatic hydroxyl groups is 1. The topological polar surface area (TPSA) is 57.6 Å². The van der Waals surface area contributed by atoms with Gasteiger partial charge in [0, 0.05) is 13.1 Å². The van der Waals surface area contributed by atoms with Crippen LogP contribution in [0.2, 0.25) is 0 Å². The highest BCUT2D eigenvalue weighted by molar-refractivity contribution is 5.84. The third-order valence-corrected chi connectivity index (χ3v) is 2.63. The molecule has 0 spiro atoms. The molecule has 1 N–H and O–H groups in total. The van der Waals surface area contributed by atoms with E-state index in [0.29, 0.717) is 4.90 Å². The van der Waals surface area contributed by atoms with Gasteiger partial charge in [0.1, 0.15) is 5.78 Å². The van der Waals surface area contributed by atoms with Gasteiger partial charge in [-0.05, 0) is 13.3 Å². The minimum atomic E-state index is -4.93. The van der Waals surface area contributed by atoms with Crippen LogP contribution in [-0.4, -0.2) is 47.1 Å². The number of carbonyl (C=O) groups is 2. The van der Waals surface area contributed by atoms with Crippen molar-refractivity contribution in [2.45, 2.75) is 25.6 Å². The number of likely N-dealkylation sites (tertiary alicyclic amines) is 1. The zero-order valence-corrected chi connectivity index (χ0v) is 8.62. The molecule has 0 bridgehead atoms. The third-order valence-electron chi connectivity index (χ3n) is 2.63. The summed E-state index contributed by atoms with van der Waals surface area (Å²) >= 11 is 0. The number of carbonyl (C=O) groups excluding carboxylic acids is 2. The number of halogens is 3. The monoisotopic (exact) mass is 239 g/mol. The summed E-state index contributed by atoms with van der Waals surface area (Å²) in [5.74, 6) is -3.28. The fraction of sp³-hybridized carbons (Fsp3) is 0.778. The maximum Gasteiger partial charge on any atom is 0.471 e. The van der Waals surface area contributed by atoms with Gasteiger partial charge in [-0.3, -0.25) is 9.59 Å². The van der Waals surface area contributed by atoms with Gasteiger partial charge in [0.05, 0.1) is 12.0 Å². The fourth-order valence-electron chi connectivity index (χ4n) is 1.70. The van der Waals surface area contributed by atoms with Gasteiger partial charge in [0.25, 0.3) is 0 Å². The molecular weight excluding hydrogens is 227 g/mol. The highest BCUT2D eigenvalue weighted by Crippen LogP contribution is 2.24. The average Bonchev–Trinajstić information content (AvgIpc) is 2.15. The van der Waals surface area contributed by atoms with E-state index in [-0.39, 0.29) is 19.5 Å². The molecule has 1 aliphatic heterocycles. The summed E-state index contributed by atoms with van der Waals surface area (Å²) in [5.41, 5.74) is 0. The minimum absolute atomic E-state index is 0.00787. The Morgan fingerprint density at radius 3 is 2.38 bits per heavy atom. The van der Waals surface area contributed by atoms with Gasteiger partial charge in [-0.1, -0.05) is 0 Å². The number of Topliss-reactive ketones (excluding diaryl/α,β-unsaturated/α-hetero) is 1. The molecule has 0 aromatic heterocycles. The van der Waals surface area contributed by atoms with Crippen LogP contribution < -0.4 is 0 Å². The minimum Gasteiger partial charge on any atom is -0.392 e. The highest BCUT2D eigenvalue weighted by atomic mass is 19.4. The summed E-state index contributed by atoms with van der Waals surface area (Å²) in [6, 6.07) is 0. The first-order valence-electron chi connectivity index (χ1n) is 4.78. The number of ketones is 1. The fourth-order valence-corrected chi connectivity index (χ4v) is 1.70. The van der Waals surface area contributed by atoms with Crippen LogP contribution in [0.25, 0.3) is 0 Å². The van der Waals surface area contributed by atoms with Crippen molar-refractivity contribution >= 4 is 11.7 Å². The number of aliphatic hydroxyl groups excluding tert-OH is 1. The molecule has 1 aliphatic rings. The molecule has 16 heavy (non-hydrogen) atoms. The van der Waals surface area contributed by atoms with Crippen molar-refractivity contribution < 1.29 is 27.9 Å². The molecule has 0 aromatic rings. The number of hydrogen-bond donors (Lipinski definition) is 1. The molecular formula is C9H12F3NO3. The van der Waals surface area contributed by atoms with Gasteiger partial charge >= 0.3 is 12.1 Å². The Morgan fingerprint density at radius 1 is 1.38 bits per heavy atom. The molecule has 2 atom stereocenters. The van der Waals surface area contributed by atoms with E-state index >= 15 is 0 Å². The third kappa shape index (κ3) is 2.72. The molecule has 4 nitrogen and oxygen atoms in total. The van der Waals surface area contributed by atoms with Gasteiger partial charge < -0.3 is 10.0 Å². The molecule has 92 valence electrons. The van der Waals surface area contributed by atoms with E-state index in [9.17, 15) is 27.9 Å². The Bertz CT molecular complexity index is 303. The zero-order chi connectivity index (χ0) is 12.5. The number of alkyl halides is 3. The second kappa shape index (κ2) is 4.40. The number of rotatable bonds is 1. The Hall–Kier alpha value is -1.11. The molecule has 1 fully saturated rings. The van der Waals surface area contributed by atoms with Crippen LogP contribution >= 0.6 is 0 Å². The van der Waals surface area contributed by atoms with Crippen molar-refractivity contribution in [3.63, 3.8) is 0 Å². The van der Waals surface area contributed by atoms with Crippen molar-refractivity contribution in [2.24, 2.45) is 5.92 Å². The van der Waals surface area contributed by atoms with Crippen molar-refractivity contribution in [1.82, 2.24) is 4.90 Å². The second-order valence-electron chi connectivity index (χ2n) is 3.82. The Kier molecular flexibility index (Phi) is 3.57. The Morgan fingerprint density at radius 2 is 1.94 bits per heavy atom. The Labute approximate surface area is 90.0 Å². The number of piperidine rings is 1. The van der Waals surface area contributed by atoms with Crippen molar-refractivity contribution in [3.8, 4) is 0 Å². The lowest BCUT2D eigenvalue weighted by Crippen LogP contribution is -2.51. The summed E-state index contributed by atoms with van der Waals surface area (Å²) in [6.07, 6.45) is -5.90. The smallest absolute Gasteiger partial charge is 0.392 e. The summed E-state index contributed by atoms with van der Waals surface area (Å²) in [4.78, 5) is 22.5. The van der Waals surface area contributed by atoms with Gasteiger partial charge in [-0.2, -0.15) is 13.2 Å². The van der Waals surface area contributed by atoms with Crippen molar-refractivity contribution in [2.75, 3.05) is 13.1 Å². The largest absolute Gasteiger partial charge is 0.471 e. The van der Waals surface area contributed by atoms with Crippen LogP contribution in [0.5, 0.6) is 0 Å². The normalized spacial score (nSPS) is 26.7. The number of amides is 1. The molecule has 1 saturated heterocycles. The summed E-state index contributed by atoms with van der Waals surface area (Å²) in [7, 11) is 0. The average molecular weight is 239 g/mol. The molecule has 0 radical (unpaired) electrons. The number of hydrogen-bond acceptors (Lipinski definition) is 3. The van der Waals surface area contributed by atoms with E-state index in [0.717, 1.165) is 0 Å². The summed E-state index contributed by atoms with van der Waals surface area (Å²) in [5, 5.41) is 9.40. The van der Waals surface area contributed by atoms with Crippen LogP contribution in [0.1, 0.15) is 13.3 Å². The van der Waals surface area contributed by atoms with E-state index < -0.39 is 29.9 Å². The van der Waals surface area contributed by atoms with E-state index in [4.69, 9.17) is 0 Å². The molecule has 1 rings (SSSR count). The lowest BCUT2D eigenvalue weighted by Gasteiger charge is -2.35. The maximum atomic E-state index is 12.1. The Balaban J connectivity index is 2.73. The highest BCUT2D eigenvalue weighted by Gasteiger charge is 2.45. The summed E-state index contributed by atoms with van der Waals surface area (Å²) in [6.45, 7) is 0.646. The zero-order valence-electron chi connectivity index (χ0n) is 8.62. The number of nitrogens with zero attached hydrogens (tertiary/aromatic N) is 1. The SMILES string of the molecule is CC(=O)C1CN(C(=O)C(F)(F)F)CCC1O. The molecule has 1 amide bonds. The molecule has 0 aliphatic carbocycles. The molecule has 1 heterocycles. The lowest BCUT2D eigenvalue weighted by molar-refractivity contribution is -0.188. The molecule has 0 saturated carbocycles. The van der Waals surface area contributed by atoms with Crippen molar-refractivity contribution in [1.29, 1.82) is 0 Å². The van der Waals surface area contributed by atoms with Crippen LogP contribution in [0.3, 0.4) is 0 Å². The van der Waals surface area contributed by atoms with E-state index in [2.05, 4.69) is 0 Å². The maximum absolute atomic E-state index is 12.1. The molecule has 0 aromatic carbocycles.